The molecule has 19 heavy (non-hydrogen) atoms. The second kappa shape index (κ2) is 5.30. The van der Waals surface area contributed by atoms with Gasteiger partial charge in [-0.05, 0) is 14.1 Å². The molecule has 2 rings (SSSR count). The summed E-state index contributed by atoms with van der Waals surface area (Å²) < 4.78 is 17.8. The normalized spacial score (nSPS) is 36.3. The van der Waals surface area contributed by atoms with Gasteiger partial charge in [0.2, 0.25) is 0 Å². The van der Waals surface area contributed by atoms with Crippen molar-refractivity contribution in [1.82, 2.24) is 9.80 Å². The molecule has 5 heteroatoms. The van der Waals surface area contributed by atoms with Gasteiger partial charge in [-0.2, -0.15) is 0 Å². The van der Waals surface area contributed by atoms with Crippen molar-refractivity contribution < 1.29 is 14.2 Å². The van der Waals surface area contributed by atoms with Gasteiger partial charge in [0.1, 0.15) is 13.5 Å². The Bertz CT molecular complexity index is 290. The van der Waals surface area contributed by atoms with E-state index >= 15 is 0 Å². The van der Waals surface area contributed by atoms with Crippen LogP contribution in [0.1, 0.15) is 27.7 Å². The molecular formula is C14H28N2O3. The molecule has 2 atom stereocenters. The van der Waals surface area contributed by atoms with Gasteiger partial charge < -0.3 is 14.2 Å². The van der Waals surface area contributed by atoms with Gasteiger partial charge in [-0.15, -0.1) is 0 Å². The van der Waals surface area contributed by atoms with Crippen molar-refractivity contribution in [3.63, 3.8) is 0 Å². The molecule has 0 aromatic heterocycles. The zero-order valence-electron chi connectivity index (χ0n) is 13.1. The van der Waals surface area contributed by atoms with Gasteiger partial charge in [0.25, 0.3) is 0 Å². The predicted molar refractivity (Wildman–Crippen MR) is 73.4 cm³/mol. The highest BCUT2D eigenvalue weighted by molar-refractivity contribution is 4.84. The van der Waals surface area contributed by atoms with Crippen LogP contribution in [0.3, 0.4) is 0 Å². The minimum absolute atomic E-state index is 0.0320. The summed E-state index contributed by atoms with van der Waals surface area (Å²) in [5.41, 5.74) is -0.0639. The molecule has 0 aromatic rings. The molecule has 0 saturated carbocycles. The molecule has 2 saturated heterocycles. The van der Waals surface area contributed by atoms with Gasteiger partial charge in [-0.25, -0.2) is 0 Å². The first-order chi connectivity index (χ1) is 8.71. The third-order valence-corrected chi connectivity index (χ3v) is 3.77. The van der Waals surface area contributed by atoms with Gasteiger partial charge in [-0.3, -0.25) is 9.80 Å². The maximum atomic E-state index is 6.16. The van der Waals surface area contributed by atoms with Gasteiger partial charge in [0.15, 0.2) is 12.6 Å². The Kier molecular flexibility index (Phi) is 4.23. The second-order valence-electron chi connectivity index (χ2n) is 7.40. The minimum Gasteiger partial charge on any atom is -0.337 e. The Morgan fingerprint density at radius 1 is 0.842 bits per heavy atom. The van der Waals surface area contributed by atoms with Crippen molar-refractivity contribution in [3.8, 4) is 0 Å². The fourth-order valence-corrected chi connectivity index (χ4v) is 3.03. The van der Waals surface area contributed by atoms with E-state index in [9.17, 15) is 0 Å². The molecule has 0 aromatic carbocycles. The summed E-state index contributed by atoms with van der Waals surface area (Å²) in [5.74, 6) is 0. The molecule has 0 aliphatic carbocycles. The standard InChI is InChI=1S/C14H28N2O3/c1-13(2)7-15(5)9-17-11(13)19-12-14(3,4)8-16(6)10-18-12/h11-12H,7-10H2,1-6H3. The van der Waals surface area contributed by atoms with E-state index in [1.807, 2.05) is 0 Å². The lowest BCUT2D eigenvalue weighted by molar-refractivity contribution is -0.346. The summed E-state index contributed by atoms with van der Waals surface area (Å²) in [6.07, 6.45) is -0.423. The number of rotatable bonds is 2. The van der Waals surface area contributed by atoms with Crippen molar-refractivity contribution >= 4 is 0 Å². The third-order valence-electron chi connectivity index (χ3n) is 3.77. The van der Waals surface area contributed by atoms with E-state index in [2.05, 4.69) is 51.6 Å². The SMILES string of the molecule is CN1COC(OC2OCN(C)CC2(C)C)C(C)(C)C1. The maximum Gasteiger partial charge on any atom is 0.168 e. The largest absolute Gasteiger partial charge is 0.337 e. The molecule has 112 valence electrons. The molecule has 5 nitrogen and oxygen atoms in total. The predicted octanol–water partition coefficient (Wildman–Crippen LogP) is 1.55. The number of hydrogen-bond acceptors (Lipinski definition) is 5. The third kappa shape index (κ3) is 3.47. The summed E-state index contributed by atoms with van der Waals surface area (Å²) in [5, 5.41) is 0. The highest BCUT2D eigenvalue weighted by Crippen LogP contribution is 2.35. The van der Waals surface area contributed by atoms with Crippen molar-refractivity contribution in [2.45, 2.75) is 40.3 Å². The Balaban J connectivity index is 2.00. The smallest absolute Gasteiger partial charge is 0.168 e. The lowest BCUT2D eigenvalue weighted by Crippen LogP contribution is -2.56. The molecule has 0 bridgehead atoms. The number of hydrogen-bond donors (Lipinski definition) is 0. The van der Waals surface area contributed by atoms with Crippen LogP contribution in [0.2, 0.25) is 0 Å². The van der Waals surface area contributed by atoms with E-state index in [0.29, 0.717) is 13.5 Å². The van der Waals surface area contributed by atoms with Crippen LogP contribution in [0, 0.1) is 10.8 Å². The molecule has 2 aliphatic rings. The Morgan fingerprint density at radius 2 is 1.21 bits per heavy atom. The Morgan fingerprint density at radius 3 is 1.53 bits per heavy atom. The first-order valence-corrected chi connectivity index (χ1v) is 6.96. The molecule has 2 aliphatic heterocycles. The molecule has 0 amide bonds. The summed E-state index contributed by atoms with van der Waals surface area (Å²) in [6, 6.07) is 0. The average molecular weight is 272 g/mol. The van der Waals surface area contributed by atoms with Crippen LogP contribution < -0.4 is 0 Å². The summed E-state index contributed by atoms with van der Waals surface area (Å²) >= 11 is 0. The monoisotopic (exact) mass is 272 g/mol. The zero-order chi connectivity index (χ0) is 14.3. The zero-order valence-corrected chi connectivity index (χ0v) is 13.1. The second-order valence-corrected chi connectivity index (χ2v) is 7.40. The van der Waals surface area contributed by atoms with Crippen LogP contribution in [0.25, 0.3) is 0 Å². The highest BCUT2D eigenvalue weighted by atomic mass is 16.8. The van der Waals surface area contributed by atoms with E-state index in [1.54, 1.807) is 0 Å². The van der Waals surface area contributed by atoms with Crippen molar-refractivity contribution in [2.75, 3.05) is 40.6 Å². The molecule has 0 radical (unpaired) electrons. The van der Waals surface area contributed by atoms with Crippen LogP contribution >= 0.6 is 0 Å². The van der Waals surface area contributed by atoms with Gasteiger partial charge in [0, 0.05) is 23.9 Å². The van der Waals surface area contributed by atoms with Crippen molar-refractivity contribution in [2.24, 2.45) is 10.8 Å². The maximum absolute atomic E-state index is 6.16. The summed E-state index contributed by atoms with van der Waals surface area (Å²) in [7, 11) is 4.13. The van der Waals surface area contributed by atoms with Crippen LogP contribution in [0.15, 0.2) is 0 Å². The average Bonchev–Trinajstić information content (AvgIpc) is 2.23. The molecule has 0 spiro atoms. The quantitative estimate of drug-likeness (QED) is 0.762. The lowest BCUT2D eigenvalue weighted by Gasteiger charge is -2.48. The fraction of sp³-hybridized carbons (Fsp3) is 1.00. The molecular weight excluding hydrogens is 244 g/mol. The van der Waals surface area contributed by atoms with Gasteiger partial charge in [0.05, 0.1) is 0 Å². The van der Waals surface area contributed by atoms with Crippen LogP contribution in [-0.4, -0.2) is 63.0 Å². The fourth-order valence-electron chi connectivity index (χ4n) is 3.03. The summed E-state index contributed by atoms with van der Waals surface area (Å²) in [6.45, 7) is 11.9. The lowest BCUT2D eigenvalue weighted by atomic mass is 9.89. The molecule has 0 N–H and O–H groups in total. The summed E-state index contributed by atoms with van der Waals surface area (Å²) in [4.78, 5) is 4.33. The Hall–Kier alpha value is -0.200. The number of ether oxygens (including phenoxy) is 3. The van der Waals surface area contributed by atoms with E-state index in [0.717, 1.165) is 13.1 Å². The van der Waals surface area contributed by atoms with Crippen LogP contribution in [-0.2, 0) is 14.2 Å². The Labute approximate surface area is 116 Å². The van der Waals surface area contributed by atoms with E-state index in [-0.39, 0.29) is 23.4 Å². The van der Waals surface area contributed by atoms with Crippen LogP contribution in [0.4, 0.5) is 0 Å². The van der Waals surface area contributed by atoms with E-state index in [4.69, 9.17) is 14.2 Å². The van der Waals surface area contributed by atoms with Gasteiger partial charge in [-0.1, -0.05) is 27.7 Å². The number of nitrogens with zero attached hydrogens (tertiary/aromatic N) is 2. The van der Waals surface area contributed by atoms with Crippen LogP contribution in [0.5, 0.6) is 0 Å². The highest BCUT2D eigenvalue weighted by Gasteiger charge is 2.43. The molecule has 2 unspecified atom stereocenters. The van der Waals surface area contributed by atoms with E-state index in [1.165, 1.54) is 0 Å². The first kappa shape index (κ1) is 15.2. The minimum atomic E-state index is -0.212. The van der Waals surface area contributed by atoms with Crippen molar-refractivity contribution in [3.05, 3.63) is 0 Å². The molecule has 2 fully saturated rings. The van der Waals surface area contributed by atoms with Crippen molar-refractivity contribution in [1.29, 1.82) is 0 Å². The topological polar surface area (TPSA) is 34.2 Å². The van der Waals surface area contributed by atoms with Gasteiger partial charge >= 0.3 is 0 Å². The van der Waals surface area contributed by atoms with E-state index < -0.39 is 0 Å². The molecule has 2 heterocycles. The first-order valence-electron chi connectivity index (χ1n) is 6.96.